The van der Waals surface area contributed by atoms with Crippen LogP contribution in [0.4, 0.5) is 0 Å². The lowest BCUT2D eigenvalue weighted by Gasteiger charge is -2.18. The molecule has 1 aromatic carbocycles. The van der Waals surface area contributed by atoms with E-state index in [9.17, 15) is 4.79 Å². The molecule has 0 saturated carbocycles. The summed E-state index contributed by atoms with van der Waals surface area (Å²) in [6.45, 7) is 6.44. The maximum Gasteiger partial charge on any atom is 0.347 e. The van der Waals surface area contributed by atoms with Crippen molar-refractivity contribution in [1.82, 2.24) is 0 Å². The Bertz CT molecular complexity index is 593. The smallest absolute Gasteiger partial charge is 0.347 e. The van der Waals surface area contributed by atoms with Gasteiger partial charge in [0.25, 0.3) is 0 Å². The van der Waals surface area contributed by atoms with E-state index in [1.165, 1.54) is 16.9 Å². The molecule has 0 fully saturated rings. The fourth-order valence-corrected chi connectivity index (χ4v) is 3.46. The highest BCUT2D eigenvalue weighted by atomic mass is 79.9. The summed E-state index contributed by atoms with van der Waals surface area (Å²) in [7, 11) is 0. The second-order valence-corrected chi connectivity index (χ2v) is 6.86. The van der Waals surface area contributed by atoms with Gasteiger partial charge in [-0.1, -0.05) is 26.8 Å². The van der Waals surface area contributed by atoms with Gasteiger partial charge in [-0.3, -0.25) is 0 Å². The molecule has 2 rings (SSSR count). The number of hydrogen-bond acceptors (Lipinski definition) is 2. The number of rotatable bonds is 1. The van der Waals surface area contributed by atoms with Crippen LogP contribution in [0.1, 0.15) is 36.0 Å². The van der Waals surface area contributed by atoms with Gasteiger partial charge < -0.3 is 5.11 Å². The Kier molecular flexibility index (Phi) is 3.04. The zero-order valence-corrected chi connectivity index (χ0v) is 12.3. The lowest BCUT2D eigenvalue weighted by Crippen LogP contribution is -2.10. The van der Waals surface area contributed by atoms with Crippen molar-refractivity contribution >= 4 is 43.3 Å². The molecule has 1 N–H and O–H groups in total. The molecular formula is C13H13BrO2S. The summed E-state index contributed by atoms with van der Waals surface area (Å²) in [5.41, 5.74) is 1.28. The normalized spacial score (nSPS) is 12.0. The van der Waals surface area contributed by atoms with E-state index in [0.717, 1.165) is 10.1 Å². The van der Waals surface area contributed by atoms with Gasteiger partial charge in [0.2, 0.25) is 0 Å². The third kappa shape index (κ3) is 2.24. The number of aromatic carboxylic acids is 1. The van der Waals surface area contributed by atoms with Crippen LogP contribution in [0.25, 0.3) is 10.1 Å². The largest absolute Gasteiger partial charge is 0.477 e. The van der Waals surface area contributed by atoms with Gasteiger partial charge in [-0.25, -0.2) is 4.79 Å². The van der Waals surface area contributed by atoms with Gasteiger partial charge in [0.05, 0.1) is 4.47 Å². The summed E-state index contributed by atoms with van der Waals surface area (Å²) in [4.78, 5) is 11.4. The number of carbonyl (C=O) groups is 1. The van der Waals surface area contributed by atoms with E-state index in [0.29, 0.717) is 9.35 Å². The van der Waals surface area contributed by atoms with Crippen molar-refractivity contribution < 1.29 is 9.90 Å². The first-order valence-corrected chi connectivity index (χ1v) is 6.87. The molecule has 17 heavy (non-hydrogen) atoms. The lowest BCUT2D eigenvalue weighted by atomic mass is 9.87. The molecule has 0 aliphatic rings. The fraction of sp³-hybridized carbons (Fsp3) is 0.308. The van der Waals surface area contributed by atoms with Crippen LogP contribution < -0.4 is 0 Å². The summed E-state index contributed by atoms with van der Waals surface area (Å²) in [6, 6.07) is 6.14. The molecule has 2 nitrogen and oxygen atoms in total. The molecule has 0 radical (unpaired) electrons. The molecule has 1 heterocycles. The third-order valence-electron chi connectivity index (χ3n) is 2.69. The Balaban J connectivity index is 2.70. The minimum Gasteiger partial charge on any atom is -0.477 e. The zero-order valence-electron chi connectivity index (χ0n) is 9.87. The number of halogens is 1. The van der Waals surface area contributed by atoms with Gasteiger partial charge in [0.1, 0.15) is 4.88 Å². The van der Waals surface area contributed by atoms with Gasteiger partial charge in [-0.15, -0.1) is 11.3 Å². The number of thiophene rings is 1. The quantitative estimate of drug-likeness (QED) is 0.831. The van der Waals surface area contributed by atoms with E-state index in [1.807, 2.05) is 6.07 Å². The maximum absolute atomic E-state index is 11.1. The summed E-state index contributed by atoms with van der Waals surface area (Å²) >= 11 is 4.69. The predicted octanol–water partition coefficient (Wildman–Crippen LogP) is 4.66. The number of carboxylic acid groups (broad SMARTS) is 1. The molecule has 4 heteroatoms. The number of carboxylic acids is 1. The van der Waals surface area contributed by atoms with Gasteiger partial charge in [-0.05, 0) is 39.0 Å². The molecule has 0 atom stereocenters. The average molecular weight is 313 g/mol. The van der Waals surface area contributed by atoms with Crippen LogP contribution >= 0.6 is 27.3 Å². The number of fused-ring (bicyclic) bond motifs is 1. The van der Waals surface area contributed by atoms with E-state index in [-0.39, 0.29) is 5.41 Å². The molecule has 0 unspecified atom stereocenters. The minimum atomic E-state index is -0.879. The third-order valence-corrected chi connectivity index (χ3v) is 4.93. The van der Waals surface area contributed by atoms with Crippen molar-refractivity contribution in [3.63, 3.8) is 0 Å². The first-order chi connectivity index (χ1) is 7.80. The SMILES string of the molecule is CC(C)(C)c1ccc2sc(C(=O)O)c(Br)c2c1. The molecule has 90 valence electrons. The van der Waals surface area contributed by atoms with E-state index in [1.54, 1.807) is 0 Å². The fourth-order valence-electron chi connectivity index (χ4n) is 1.67. The first-order valence-electron chi connectivity index (χ1n) is 5.26. The van der Waals surface area contributed by atoms with Gasteiger partial charge in [0.15, 0.2) is 0 Å². The van der Waals surface area contributed by atoms with E-state index < -0.39 is 5.97 Å². The predicted molar refractivity (Wildman–Crippen MR) is 75.2 cm³/mol. The molecule has 0 saturated heterocycles. The highest BCUT2D eigenvalue weighted by Gasteiger charge is 2.19. The molecule has 1 aromatic heterocycles. The van der Waals surface area contributed by atoms with Crippen molar-refractivity contribution in [2.75, 3.05) is 0 Å². The second-order valence-electron chi connectivity index (χ2n) is 5.01. The average Bonchev–Trinajstić information content (AvgIpc) is 2.54. The van der Waals surface area contributed by atoms with E-state index in [4.69, 9.17) is 5.11 Å². The topological polar surface area (TPSA) is 37.3 Å². The highest BCUT2D eigenvalue weighted by molar-refractivity contribution is 9.10. The summed E-state index contributed by atoms with van der Waals surface area (Å²) in [5.74, 6) is -0.879. The molecule has 0 aliphatic heterocycles. The summed E-state index contributed by atoms with van der Waals surface area (Å²) in [6.07, 6.45) is 0. The van der Waals surface area contributed by atoms with Gasteiger partial charge >= 0.3 is 5.97 Å². The van der Waals surface area contributed by atoms with Crippen molar-refractivity contribution in [3.8, 4) is 0 Å². The van der Waals surface area contributed by atoms with Crippen molar-refractivity contribution in [2.24, 2.45) is 0 Å². The lowest BCUT2D eigenvalue weighted by molar-refractivity contribution is 0.0701. The number of benzene rings is 1. The van der Waals surface area contributed by atoms with E-state index in [2.05, 4.69) is 48.8 Å². The standard InChI is InChI=1S/C13H13BrO2S/c1-13(2,3)7-4-5-9-8(6-7)10(14)11(17-9)12(15)16/h4-6H,1-3H3,(H,15,16). The van der Waals surface area contributed by atoms with Gasteiger partial charge in [-0.2, -0.15) is 0 Å². The molecule has 2 aromatic rings. The first kappa shape index (κ1) is 12.6. The second kappa shape index (κ2) is 4.10. The Morgan fingerprint density at radius 2 is 2.00 bits per heavy atom. The van der Waals surface area contributed by atoms with Crippen molar-refractivity contribution in [2.45, 2.75) is 26.2 Å². The van der Waals surface area contributed by atoms with Crippen LogP contribution in [-0.2, 0) is 5.41 Å². The molecule has 0 bridgehead atoms. The Hall–Kier alpha value is -0.870. The van der Waals surface area contributed by atoms with Gasteiger partial charge in [0, 0.05) is 10.1 Å². The Morgan fingerprint density at radius 1 is 1.35 bits per heavy atom. The molecule has 0 aliphatic carbocycles. The van der Waals surface area contributed by atoms with Crippen molar-refractivity contribution in [1.29, 1.82) is 0 Å². The zero-order chi connectivity index (χ0) is 12.8. The molecular weight excluding hydrogens is 300 g/mol. The summed E-state index contributed by atoms with van der Waals surface area (Å²) in [5, 5.41) is 10.1. The Labute approximate surface area is 112 Å². The summed E-state index contributed by atoms with van der Waals surface area (Å²) < 4.78 is 1.69. The Morgan fingerprint density at radius 3 is 2.53 bits per heavy atom. The van der Waals surface area contributed by atoms with Crippen LogP contribution in [-0.4, -0.2) is 11.1 Å². The monoisotopic (exact) mass is 312 g/mol. The van der Waals surface area contributed by atoms with Crippen LogP contribution in [0.15, 0.2) is 22.7 Å². The molecule has 0 amide bonds. The van der Waals surface area contributed by atoms with Crippen LogP contribution in [0.3, 0.4) is 0 Å². The van der Waals surface area contributed by atoms with Crippen LogP contribution in [0, 0.1) is 0 Å². The van der Waals surface area contributed by atoms with Crippen LogP contribution in [0.2, 0.25) is 0 Å². The molecule has 0 spiro atoms. The van der Waals surface area contributed by atoms with Crippen molar-refractivity contribution in [3.05, 3.63) is 33.1 Å². The maximum atomic E-state index is 11.1. The minimum absolute atomic E-state index is 0.0684. The van der Waals surface area contributed by atoms with Crippen LogP contribution in [0.5, 0.6) is 0 Å². The highest BCUT2D eigenvalue weighted by Crippen LogP contribution is 2.37. The van der Waals surface area contributed by atoms with E-state index >= 15 is 0 Å². The number of hydrogen-bond donors (Lipinski definition) is 1.